The molecule has 2 unspecified atom stereocenters. The van der Waals surface area contributed by atoms with Crippen LogP contribution in [0.5, 0.6) is 0 Å². The number of hydrogen-bond acceptors (Lipinski definition) is 7. The lowest BCUT2D eigenvalue weighted by atomic mass is 9.82. The normalized spacial score (nSPS) is 18.4. The molecule has 0 N–H and O–H groups in total. The molecule has 0 bridgehead atoms. The first-order chi connectivity index (χ1) is 43.0. The molecule has 4 aliphatic carbocycles. The van der Waals surface area contributed by atoms with E-state index < -0.39 is 6.17 Å². The van der Waals surface area contributed by atoms with Crippen LogP contribution in [0.2, 0.25) is 0 Å². The van der Waals surface area contributed by atoms with Gasteiger partial charge < -0.3 is 14.4 Å². The second kappa shape index (κ2) is 20.9. The van der Waals surface area contributed by atoms with E-state index in [-0.39, 0.29) is 18.2 Å². The number of rotatable bonds is 9. The lowest BCUT2D eigenvalue weighted by molar-refractivity contribution is 0.379. The zero-order valence-electron chi connectivity index (χ0n) is 47.9. The Morgan fingerprint density at radius 2 is 1.08 bits per heavy atom. The lowest BCUT2D eigenvalue weighted by Gasteiger charge is -2.32. The standard InChI is InChI=1S/C77H60F2N4S4/c78-56-31-9-11-33-58(56)82(60-35-17-29-52-50-27-15-25-48(72(50)86-74(52)60)45-19-3-1-4-20-45)62-43-64-70(76-68(62)54-23-7-13-37-66(54)84-76)71-65(81(64)47-39-41-80-42-40-47)44-63(69-55-24-8-14-38-67(55)85-77(69)71)83(59-34-12-10-32-57(59)79)61-36-18-30-53-51-28-16-26-49(73(51)87-75(53)61)46-21-5-2-6-22-46/h7-18,23-29,32-46,53,56H,1-6,19-22,30-31H2. The third kappa shape index (κ3) is 8.12. The Balaban J connectivity index is 0.961. The zero-order valence-corrected chi connectivity index (χ0v) is 51.2. The minimum absolute atomic E-state index is 0.156. The van der Waals surface area contributed by atoms with Crippen LogP contribution in [0.4, 0.5) is 31.5 Å². The van der Waals surface area contributed by atoms with Crippen molar-refractivity contribution in [2.45, 2.75) is 106 Å². The number of nitrogens with zero attached hydrogens (tertiary/aromatic N) is 4. The summed E-state index contributed by atoms with van der Waals surface area (Å²) < 4.78 is 44.7. The number of halogens is 2. The van der Waals surface area contributed by atoms with Gasteiger partial charge in [-0.15, -0.1) is 34.0 Å². The van der Waals surface area contributed by atoms with Crippen molar-refractivity contribution in [3.05, 3.63) is 233 Å². The van der Waals surface area contributed by atoms with Crippen LogP contribution in [0.1, 0.15) is 111 Å². The topological polar surface area (TPSA) is 24.3 Å². The molecule has 13 aromatic rings. The van der Waals surface area contributed by atoms with Gasteiger partial charge in [0.25, 0.3) is 0 Å². The predicted molar refractivity (Wildman–Crippen MR) is 369 cm³/mol. The van der Waals surface area contributed by atoms with E-state index in [4.69, 9.17) is 0 Å². The molecule has 2 fully saturated rings. The van der Waals surface area contributed by atoms with Crippen LogP contribution in [0, 0.1) is 5.82 Å². The Morgan fingerprint density at radius 1 is 0.494 bits per heavy atom. The Labute approximate surface area is 520 Å². The van der Waals surface area contributed by atoms with E-state index in [0.29, 0.717) is 23.2 Å². The summed E-state index contributed by atoms with van der Waals surface area (Å²) in [6, 6.07) is 54.6. The van der Waals surface area contributed by atoms with Crippen molar-refractivity contribution in [1.82, 2.24) is 9.55 Å². The monoisotopic (exact) mass is 1210 g/mol. The predicted octanol–water partition coefficient (Wildman–Crippen LogP) is 24.0. The van der Waals surface area contributed by atoms with Crippen LogP contribution in [0.25, 0.3) is 88.0 Å². The molecule has 6 heterocycles. The third-order valence-electron chi connectivity index (χ3n) is 19.8. The highest BCUT2D eigenvalue weighted by Gasteiger charge is 2.39. The van der Waals surface area contributed by atoms with Gasteiger partial charge in [0.05, 0.1) is 49.9 Å². The number of aromatic nitrogens is 2. The molecule has 0 saturated heterocycles. The van der Waals surface area contributed by atoms with Crippen molar-refractivity contribution in [2.24, 2.45) is 0 Å². The van der Waals surface area contributed by atoms with Crippen molar-refractivity contribution in [3.8, 4) is 5.69 Å². The van der Waals surface area contributed by atoms with E-state index >= 15 is 8.78 Å². The Bertz CT molecular complexity index is 5120. The van der Waals surface area contributed by atoms with Gasteiger partial charge in [0, 0.05) is 107 Å². The average Bonchev–Trinajstić information content (AvgIpc) is 2.01. The van der Waals surface area contributed by atoms with E-state index in [2.05, 4.69) is 159 Å². The first kappa shape index (κ1) is 52.3. The van der Waals surface area contributed by atoms with Crippen LogP contribution in [0.3, 0.4) is 0 Å². The molecule has 10 heteroatoms. The van der Waals surface area contributed by atoms with Gasteiger partial charge in [-0.05, 0) is 127 Å². The number of fused-ring (bicyclic) bond motifs is 17. The van der Waals surface area contributed by atoms with Gasteiger partial charge in [-0.3, -0.25) is 4.98 Å². The van der Waals surface area contributed by atoms with Crippen LogP contribution in [-0.2, 0) is 0 Å². The fourth-order valence-corrected chi connectivity index (χ4v) is 21.3. The molecule has 0 amide bonds. The highest BCUT2D eigenvalue weighted by Crippen LogP contribution is 2.61. The van der Waals surface area contributed by atoms with Gasteiger partial charge in [0.1, 0.15) is 12.0 Å². The maximum absolute atomic E-state index is 17.6. The molecule has 1 aliphatic heterocycles. The fourth-order valence-electron chi connectivity index (χ4n) is 15.9. The van der Waals surface area contributed by atoms with E-state index in [0.717, 1.165) is 92.3 Å². The quantitative estimate of drug-likeness (QED) is 0.144. The molecular formula is C77H60F2N4S4. The number of allylic oxidation sites excluding steroid dienone is 7. The lowest BCUT2D eigenvalue weighted by Crippen LogP contribution is -2.25. The van der Waals surface area contributed by atoms with Gasteiger partial charge >= 0.3 is 0 Å². The van der Waals surface area contributed by atoms with Gasteiger partial charge in [-0.1, -0.05) is 166 Å². The molecule has 426 valence electrons. The average molecular weight is 1210 g/mol. The molecule has 2 saturated carbocycles. The van der Waals surface area contributed by atoms with Crippen molar-refractivity contribution < 1.29 is 8.78 Å². The minimum Gasteiger partial charge on any atom is -0.309 e. The van der Waals surface area contributed by atoms with Gasteiger partial charge in [-0.25, -0.2) is 8.78 Å². The number of alkyl halides is 1. The number of thioether (sulfide) groups is 1. The summed E-state index contributed by atoms with van der Waals surface area (Å²) in [4.78, 5) is 11.9. The van der Waals surface area contributed by atoms with Crippen molar-refractivity contribution in [2.75, 3.05) is 9.80 Å². The molecule has 8 aromatic carbocycles. The van der Waals surface area contributed by atoms with E-state index in [9.17, 15) is 0 Å². The Kier molecular flexibility index (Phi) is 12.6. The summed E-state index contributed by atoms with van der Waals surface area (Å²) in [6.45, 7) is 0. The first-order valence-corrected chi connectivity index (χ1v) is 34.5. The number of hydrogen-bond donors (Lipinski definition) is 0. The van der Waals surface area contributed by atoms with Crippen molar-refractivity contribution in [1.29, 1.82) is 0 Å². The first-order valence-electron chi connectivity index (χ1n) is 31.2. The molecule has 5 aliphatic rings. The number of benzene rings is 8. The number of pyridine rings is 1. The summed E-state index contributed by atoms with van der Waals surface area (Å²) in [5, 5.41) is 9.23. The maximum atomic E-state index is 17.6. The van der Waals surface area contributed by atoms with E-state index in [1.54, 1.807) is 6.07 Å². The highest BCUT2D eigenvalue weighted by molar-refractivity contribution is 8.03. The van der Waals surface area contributed by atoms with E-state index in [1.807, 2.05) is 94.6 Å². The van der Waals surface area contributed by atoms with Crippen molar-refractivity contribution >= 4 is 151 Å². The van der Waals surface area contributed by atoms with E-state index in [1.165, 1.54) is 116 Å². The molecule has 0 spiro atoms. The summed E-state index contributed by atoms with van der Waals surface area (Å²) in [6.07, 6.45) is 26.9. The summed E-state index contributed by atoms with van der Waals surface area (Å²) in [5.41, 5.74) is 12.3. The number of thiophene rings is 3. The second-order valence-corrected chi connectivity index (χ2v) is 28.7. The zero-order chi connectivity index (χ0) is 57.4. The van der Waals surface area contributed by atoms with Crippen LogP contribution in [0.15, 0.2) is 216 Å². The third-order valence-corrected chi connectivity index (χ3v) is 24.8. The summed E-state index contributed by atoms with van der Waals surface area (Å²) >= 11 is 7.47. The molecule has 5 aromatic heterocycles. The Hall–Kier alpha value is -7.86. The van der Waals surface area contributed by atoms with Crippen LogP contribution >= 0.6 is 45.8 Å². The minimum atomic E-state index is -1.25. The SMILES string of the molecule is Fc1ccccc1N(C1=C2Sc3c(C4CCCCC4)cccc3C2CC=C1)c1cc2c(c3sc4ccccc4c13)c1c3sc4ccccc4c3c(N(C3=CC=CCC3F)c3cccc4c3sc3c(C5CCCCC5)cccc34)cc1n2-c1ccncc1. The van der Waals surface area contributed by atoms with Crippen LogP contribution in [-0.4, -0.2) is 15.7 Å². The molecule has 18 rings (SSSR count). The second-order valence-electron chi connectivity index (χ2n) is 24.5. The number of anilines is 4. The van der Waals surface area contributed by atoms with Crippen LogP contribution < -0.4 is 9.80 Å². The van der Waals surface area contributed by atoms with Gasteiger partial charge in [0.15, 0.2) is 0 Å². The molecule has 87 heavy (non-hydrogen) atoms. The van der Waals surface area contributed by atoms with Crippen molar-refractivity contribution in [3.63, 3.8) is 0 Å². The largest absolute Gasteiger partial charge is 0.309 e. The molecule has 2 atom stereocenters. The molecule has 4 nitrogen and oxygen atoms in total. The fraction of sp³-hybridized carbons (Fsp3) is 0.208. The Morgan fingerprint density at radius 3 is 1.78 bits per heavy atom. The summed E-state index contributed by atoms with van der Waals surface area (Å²) in [7, 11) is 0. The number of para-hydroxylation sites is 1. The van der Waals surface area contributed by atoms with Gasteiger partial charge in [-0.2, -0.15) is 0 Å². The molecule has 0 radical (unpaired) electrons. The maximum Gasteiger partial charge on any atom is 0.147 e. The molecular weight excluding hydrogens is 1150 g/mol. The van der Waals surface area contributed by atoms with Gasteiger partial charge in [0.2, 0.25) is 0 Å². The highest BCUT2D eigenvalue weighted by atomic mass is 32.2. The smallest absolute Gasteiger partial charge is 0.147 e. The summed E-state index contributed by atoms with van der Waals surface area (Å²) in [5.74, 6) is 0.959.